The number of nitrogens with one attached hydrogen (secondary N) is 2. The first-order chi connectivity index (χ1) is 13.1. The van der Waals surface area contributed by atoms with E-state index in [-0.39, 0.29) is 5.91 Å². The third kappa shape index (κ3) is 4.75. The molecule has 2 N–H and O–H groups in total. The van der Waals surface area contributed by atoms with Crippen molar-refractivity contribution < 1.29 is 19.1 Å². The number of carbonyl (C=O) groups is 2. The fourth-order valence-electron chi connectivity index (χ4n) is 3.16. The molecule has 0 bridgehead atoms. The van der Waals surface area contributed by atoms with E-state index in [4.69, 9.17) is 9.47 Å². The van der Waals surface area contributed by atoms with Gasteiger partial charge in [-0.05, 0) is 30.7 Å². The summed E-state index contributed by atoms with van der Waals surface area (Å²) in [5, 5.41) is 2.97. The van der Waals surface area contributed by atoms with Crippen molar-refractivity contribution in [3.63, 3.8) is 0 Å². The van der Waals surface area contributed by atoms with Crippen molar-refractivity contribution in [1.82, 2.24) is 15.2 Å². The number of nitrogens with zero attached hydrogens (tertiary/aromatic N) is 1. The molecule has 144 valence electrons. The Balaban J connectivity index is 1.65. The second-order valence-electron chi connectivity index (χ2n) is 6.50. The monoisotopic (exact) mass is 371 g/mol. The molecule has 1 aliphatic heterocycles. The summed E-state index contributed by atoms with van der Waals surface area (Å²) in [5.74, 6) is -0.521. The van der Waals surface area contributed by atoms with Gasteiger partial charge in [0.15, 0.2) is 0 Å². The smallest absolute Gasteiger partial charge is 0.354 e. The van der Waals surface area contributed by atoms with E-state index in [0.717, 1.165) is 49.7 Å². The first-order valence-electron chi connectivity index (χ1n) is 9.05. The van der Waals surface area contributed by atoms with Gasteiger partial charge in [-0.25, -0.2) is 4.79 Å². The quantitative estimate of drug-likeness (QED) is 0.757. The number of rotatable bonds is 6. The van der Waals surface area contributed by atoms with Gasteiger partial charge in [0.25, 0.3) is 5.91 Å². The van der Waals surface area contributed by atoms with Crippen LogP contribution in [-0.2, 0) is 9.47 Å². The van der Waals surface area contributed by atoms with Gasteiger partial charge in [0.2, 0.25) is 0 Å². The zero-order chi connectivity index (χ0) is 19.2. The standard InChI is InChI=1S/C20H25N3O4/c1-14-17(13-18(22-14)20(25)26-2)15-4-3-5-16(12-15)19(24)21-6-7-23-8-10-27-11-9-23/h3-5,12-13,22H,6-11H2,1-2H3,(H,21,24). The highest BCUT2D eigenvalue weighted by Crippen LogP contribution is 2.25. The number of aromatic amines is 1. The fourth-order valence-corrected chi connectivity index (χ4v) is 3.16. The van der Waals surface area contributed by atoms with Crippen molar-refractivity contribution in [2.75, 3.05) is 46.5 Å². The molecule has 2 heterocycles. The van der Waals surface area contributed by atoms with E-state index in [1.165, 1.54) is 7.11 Å². The minimum Gasteiger partial charge on any atom is -0.464 e. The molecule has 1 aromatic heterocycles. The van der Waals surface area contributed by atoms with Crippen LogP contribution in [0.15, 0.2) is 30.3 Å². The first-order valence-corrected chi connectivity index (χ1v) is 9.05. The van der Waals surface area contributed by atoms with Crippen LogP contribution in [0.2, 0.25) is 0 Å². The molecule has 27 heavy (non-hydrogen) atoms. The Bertz CT molecular complexity index is 809. The van der Waals surface area contributed by atoms with Crippen LogP contribution in [0.5, 0.6) is 0 Å². The predicted molar refractivity (Wildman–Crippen MR) is 102 cm³/mol. The Hall–Kier alpha value is -2.64. The number of hydrogen-bond donors (Lipinski definition) is 2. The molecule has 0 saturated carbocycles. The van der Waals surface area contributed by atoms with Crippen LogP contribution in [0.3, 0.4) is 0 Å². The average Bonchev–Trinajstić information content (AvgIpc) is 3.10. The number of amides is 1. The van der Waals surface area contributed by atoms with Crippen molar-refractivity contribution in [2.24, 2.45) is 0 Å². The number of esters is 1. The molecule has 0 unspecified atom stereocenters. The van der Waals surface area contributed by atoms with Gasteiger partial charge in [-0.3, -0.25) is 9.69 Å². The SMILES string of the molecule is COC(=O)c1cc(-c2cccc(C(=O)NCCN3CCOCC3)c2)c(C)[nH]1. The highest BCUT2D eigenvalue weighted by atomic mass is 16.5. The Kier molecular flexibility index (Phi) is 6.26. The van der Waals surface area contributed by atoms with E-state index in [0.29, 0.717) is 17.8 Å². The molecule has 3 rings (SSSR count). The lowest BCUT2D eigenvalue weighted by Gasteiger charge is -2.26. The van der Waals surface area contributed by atoms with E-state index in [1.807, 2.05) is 25.1 Å². The number of benzene rings is 1. The summed E-state index contributed by atoms with van der Waals surface area (Å²) in [6.07, 6.45) is 0. The molecule has 1 aromatic carbocycles. The molecule has 0 aliphatic carbocycles. The van der Waals surface area contributed by atoms with Gasteiger partial charge in [0, 0.05) is 43.0 Å². The third-order valence-electron chi connectivity index (χ3n) is 4.67. The maximum absolute atomic E-state index is 12.5. The molecule has 0 radical (unpaired) electrons. The number of hydrogen-bond acceptors (Lipinski definition) is 5. The topological polar surface area (TPSA) is 83.7 Å². The largest absolute Gasteiger partial charge is 0.464 e. The summed E-state index contributed by atoms with van der Waals surface area (Å²) in [6.45, 7) is 6.60. The van der Waals surface area contributed by atoms with Crippen LogP contribution in [0.4, 0.5) is 0 Å². The Morgan fingerprint density at radius 2 is 2.04 bits per heavy atom. The molecule has 0 spiro atoms. The van der Waals surface area contributed by atoms with E-state index in [1.54, 1.807) is 12.1 Å². The van der Waals surface area contributed by atoms with E-state index < -0.39 is 5.97 Å². The molecule has 2 aromatic rings. The molecular weight excluding hydrogens is 346 g/mol. The first kappa shape index (κ1) is 19.1. The van der Waals surface area contributed by atoms with E-state index in [2.05, 4.69) is 15.2 Å². The lowest BCUT2D eigenvalue weighted by Crippen LogP contribution is -2.41. The zero-order valence-corrected chi connectivity index (χ0v) is 15.7. The van der Waals surface area contributed by atoms with Gasteiger partial charge in [0.1, 0.15) is 5.69 Å². The van der Waals surface area contributed by atoms with Gasteiger partial charge >= 0.3 is 5.97 Å². The van der Waals surface area contributed by atoms with Crippen molar-refractivity contribution in [1.29, 1.82) is 0 Å². The molecule has 7 nitrogen and oxygen atoms in total. The molecule has 1 saturated heterocycles. The van der Waals surface area contributed by atoms with Crippen LogP contribution in [0, 0.1) is 6.92 Å². The predicted octanol–water partition coefficient (Wildman–Crippen LogP) is 1.84. The van der Waals surface area contributed by atoms with E-state index in [9.17, 15) is 9.59 Å². The number of H-pyrrole nitrogens is 1. The number of morpholine rings is 1. The van der Waals surface area contributed by atoms with Crippen molar-refractivity contribution in [2.45, 2.75) is 6.92 Å². The summed E-state index contributed by atoms with van der Waals surface area (Å²) in [7, 11) is 1.35. The maximum atomic E-state index is 12.5. The van der Waals surface area contributed by atoms with Crippen molar-refractivity contribution in [3.8, 4) is 11.1 Å². The van der Waals surface area contributed by atoms with Crippen LogP contribution in [0.25, 0.3) is 11.1 Å². The fraction of sp³-hybridized carbons (Fsp3) is 0.400. The highest BCUT2D eigenvalue weighted by molar-refractivity contribution is 5.96. The lowest BCUT2D eigenvalue weighted by molar-refractivity contribution is 0.0383. The normalized spacial score (nSPS) is 14.7. The Labute approximate surface area is 158 Å². The number of carbonyl (C=O) groups excluding carboxylic acids is 2. The number of ether oxygens (including phenoxy) is 2. The average molecular weight is 371 g/mol. The van der Waals surface area contributed by atoms with Gasteiger partial charge < -0.3 is 19.8 Å². The number of aryl methyl sites for hydroxylation is 1. The summed E-state index contributed by atoms with van der Waals surface area (Å²) >= 11 is 0. The zero-order valence-electron chi connectivity index (χ0n) is 15.7. The third-order valence-corrected chi connectivity index (χ3v) is 4.67. The van der Waals surface area contributed by atoms with Crippen molar-refractivity contribution in [3.05, 3.63) is 47.3 Å². The van der Waals surface area contributed by atoms with Crippen LogP contribution in [-0.4, -0.2) is 68.3 Å². The van der Waals surface area contributed by atoms with Crippen LogP contribution < -0.4 is 5.32 Å². The Morgan fingerprint density at radius 3 is 2.78 bits per heavy atom. The second-order valence-corrected chi connectivity index (χ2v) is 6.50. The lowest BCUT2D eigenvalue weighted by atomic mass is 10.0. The van der Waals surface area contributed by atoms with Gasteiger partial charge in [-0.2, -0.15) is 0 Å². The summed E-state index contributed by atoms with van der Waals surface area (Å²) in [5.41, 5.74) is 3.58. The number of methoxy groups -OCH3 is 1. The van der Waals surface area contributed by atoms with Gasteiger partial charge in [-0.1, -0.05) is 12.1 Å². The minimum absolute atomic E-state index is 0.105. The highest BCUT2D eigenvalue weighted by Gasteiger charge is 2.15. The second kappa shape index (κ2) is 8.83. The van der Waals surface area contributed by atoms with E-state index >= 15 is 0 Å². The van der Waals surface area contributed by atoms with Gasteiger partial charge in [0.05, 0.1) is 20.3 Å². The summed E-state index contributed by atoms with van der Waals surface area (Å²) < 4.78 is 10.1. The van der Waals surface area contributed by atoms with Crippen LogP contribution in [0.1, 0.15) is 26.5 Å². The maximum Gasteiger partial charge on any atom is 0.354 e. The molecule has 1 aliphatic rings. The molecule has 7 heteroatoms. The molecule has 0 atom stereocenters. The number of aromatic nitrogens is 1. The minimum atomic E-state index is -0.415. The molecular formula is C20H25N3O4. The van der Waals surface area contributed by atoms with Gasteiger partial charge in [-0.15, -0.1) is 0 Å². The molecule has 1 amide bonds. The molecule has 1 fully saturated rings. The van der Waals surface area contributed by atoms with Crippen molar-refractivity contribution >= 4 is 11.9 Å². The summed E-state index contributed by atoms with van der Waals surface area (Å²) in [6, 6.07) is 9.13. The Morgan fingerprint density at radius 1 is 1.26 bits per heavy atom. The summed E-state index contributed by atoms with van der Waals surface area (Å²) in [4.78, 5) is 29.5. The van der Waals surface area contributed by atoms with Crippen LogP contribution >= 0.6 is 0 Å².